The summed E-state index contributed by atoms with van der Waals surface area (Å²) in [5.41, 5.74) is 1.28. The Morgan fingerprint density at radius 1 is 1.41 bits per heavy atom. The Morgan fingerprint density at radius 3 is 2.95 bits per heavy atom. The minimum absolute atomic E-state index is 0.112. The zero-order valence-corrected chi connectivity index (χ0v) is 12.4. The maximum Gasteiger partial charge on any atom is 0.345 e. The lowest BCUT2D eigenvalue weighted by Crippen LogP contribution is -2.24. The molecular formula is C15H12ClN3O3. The number of esters is 1. The number of nitrogens with zero attached hydrogens (tertiary/aromatic N) is 2. The molecule has 0 aliphatic carbocycles. The second-order valence-corrected chi connectivity index (χ2v) is 5.01. The summed E-state index contributed by atoms with van der Waals surface area (Å²) in [6.45, 7) is 1.87. The van der Waals surface area contributed by atoms with Crippen molar-refractivity contribution in [3.05, 3.63) is 57.5 Å². The number of hydrogen-bond acceptors (Lipinski definition) is 4. The first kappa shape index (κ1) is 14.3. The molecule has 0 radical (unpaired) electrons. The van der Waals surface area contributed by atoms with Gasteiger partial charge in [-0.1, -0.05) is 23.7 Å². The lowest BCUT2D eigenvalue weighted by molar-refractivity contribution is 0.0523. The van der Waals surface area contributed by atoms with Gasteiger partial charge in [0, 0.05) is 22.8 Å². The molecule has 7 heteroatoms. The fourth-order valence-corrected chi connectivity index (χ4v) is 2.30. The Hall–Kier alpha value is -2.60. The number of halogens is 1. The van der Waals surface area contributed by atoms with E-state index in [-0.39, 0.29) is 12.2 Å². The molecule has 2 aromatic heterocycles. The number of fused-ring (bicyclic) bond motifs is 1. The van der Waals surface area contributed by atoms with Crippen LogP contribution in [0.1, 0.15) is 17.3 Å². The van der Waals surface area contributed by atoms with Crippen molar-refractivity contribution < 1.29 is 9.53 Å². The zero-order valence-electron chi connectivity index (χ0n) is 11.7. The second kappa shape index (κ2) is 5.65. The highest BCUT2D eigenvalue weighted by atomic mass is 35.5. The fourth-order valence-electron chi connectivity index (χ4n) is 2.11. The van der Waals surface area contributed by atoms with Gasteiger partial charge < -0.3 is 4.74 Å². The predicted octanol–water partition coefficient (Wildman–Crippen LogP) is 2.52. The summed E-state index contributed by atoms with van der Waals surface area (Å²) in [6, 6.07) is 8.90. The molecule has 0 saturated heterocycles. The predicted molar refractivity (Wildman–Crippen MR) is 82.2 cm³/mol. The van der Waals surface area contributed by atoms with E-state index < -0.39 is 11.5 Å². The highest BCUT2D eigenvalue weighted by molar-refractivity contribution is 6.30. The summed E-state index contributed by atoms with van der Waals surface area (Å²) in [4.78, 5) is 28.2. The van der Waals surface area contributed by atoms with Crippen molar-refractivity contribution in [2.24, 2.45) is 0 Å². The van der Waals surface area contributed by atoms with Gasteiger partial charge in [0.2, 0.25) is 0 Å². The average molecular weight is 318 g/mol. The number of nitrogens with one attached hydrogen (secondary N) is 1. The molecule has 0 aliphatic heterocycles. The van der Waals surface area contributed by atoms with E-state index in [4.69, 9.17) is 16.3 Å². The summed E-state index contributed by atoms with van der Waals surface area (Å²) < 4.78 is 6.05. The molecule has 3 aromatic rings. The second-order valence-electron chi connectivity index (χ2n) is 4.57. The summed E-state index contributed by atoms with van der Waals surface area (Å²) in [5, 5.41) is 3.51. The van der Waals surface area contributed by atoms with E-state index in [9.17, 15) is 9.59 Å². The molecule has 0 saturated carbocycles. The van der Waals surface area contributed by atoms with Crippen LogP contribution in [-0.2, 0) is 4.74 Å². The van der Waals surface area contributed by atoms with Gasteiger partial charge in [0.25, 0.3) is 5.56 Å². The molecule has 0 aliphatic rings. The van der Waals surface area contributed by atoms with Crippen molar-refractivity contribution in [3.8, 4) is 11.3 Å². The van der Waals surface area contributed by atoms with Crippen LogP contribution < -0.4 is 5.56 Å². The molecule has 1 aromatic carbocycles. The number of H-pyrrole nitrogens is 1. The number of rotatable bonds is 3. The minimum atomic E-state index is -0.687. The average Bonchev–Trinajstić information content (AvgIpc) is 2.93. The molecule has 0 spiro atoms. The third-order valence-electron chi connectivity index (χ3n) is 3.13. The van der Waals surface area contributed by atoms with Crippen LogP contribution in [0.5, 0.6) is 0 Å². The highest BCUT2D eigenvalue weighted by Crippen LogP contribution is 2.21. The Morgan fingerprint density at radius 2 is 2.23 bits per heavy atom. The molecule has 0 unspecified atom stereocenters. The van der Waals surface area contributed by atoms with Crippen LogP contribution >= 0.6 is 11.6 Å². The van der Waals surface area contributed by atoms with Crippen LogP contribution in [0.15, 0.2) is 41.3 Å². The maximum atomic E-state index is 12.3. The zero-order chi connectivity index (χ0) is 15.7. The van der Waals surface area contributed by atoms with Crippen LogP contribution in [0.4, 0.5) is 0 Å². The molecule has 0 bridgehead atoms. The van der Waals surface area contributed by atoms with Crippen LogP contribution in [0.25, 0.3) is 16.9 Å². The van der Waals surface area contributed by atoms with Gasteiger partial charge in [-0.15, -0.1) is 0 Å². The molecule has 0 amide bonds. The SMILES string of the molecule is CCOC(=O)c1cnc2cc(-c3cccc(Cl)c3)[nH]n2c1=O. The first-order chi connectivity index (χ1) is 10.6. The first-order valence-corrected chi connectivity index (χ1v) is 7.02. The maximum absolute atomic E-state index is 12.3. The van der Waals surface area contributed by atoms with E-state index >= 15 is 0 Å². The van der Waals surface area contributed by atoms with Gasteiger partial charge in [0.05, 0.1) is 12.3 Å². The van der Waals surface area contributed by atoms with E-state index in [1.807, 2.05) is 12.1 Å². The van der Waals surface area contributed by atoms with Gasteiger partial charge >= 0.3 is 5.97 Å². The Balaban J connectivity index is 2.13. The van der Waals surface area contributed by atoms with Gasteiger partial charge in [0.1, 0.15) is 5.56 Å². The van der Waals surface area contributed by atoms with Gasteiger partial charge in [-0.2, -0.15) is 0 Å². The van der Waals surface area contributed by atoms with Crippen molar-refractivity contribution in [3.63, 3.8) is 0 Å². The Bertz CT molecular complexity index is 914. The summed E-state index contributed by atoms with van der Waals surface area (Å²) in [7, 11) is 0. The lowest BCUT2D eigenvalue weighted by atomic mass is 10.1. The first-order valence-electron chi connectivity index (χ1n) is 6.64. The third-order valence-corrected chi connectivity index (χ3v) is 3.36. The van der Waals surface area contributed by atoms with Crippen LogP contribution in [0.3, 0.4) is 0 Å². The van der Waals surface area contributed by atoms with Crippen LogP contribution in [0.2, 0.25) is 5.02 Å². The number of aromatic nitrogens is 3. The van der Waals surface area contributed by atoms with E-state index in [0.29, 0.717) is 16.4 Å². The number of aromatic amines is 1. The van der Waals surface area contributed by atoms with Gasteiger partial charge in [0.15, 0.2) is 5.65 Å². The number of carbonyl (C=O) groups excluding carboxylic acids is 1. The van der Waals surface area contributed by atoms with Gasteiger partial charge in [-0.3, -0.25) is 9.89 Å². The molecule has 1 N–H and O–H groups in total. The highest BCUT2D eigenvalue weighted by Gasteiger charge is 2.16. The number of carbonyl (C=O) groups is 1. The minimum Gasteiger partial charge on any atom is -0.462 e. The van der Waals surface area contributed by atoms with E-state index in [1.54, 1.807) is 25.1 Å². The van der Waals surface area contributed by atoms with Crippen molar-refractivity contribution in [2.45, 2.75) is 6.92 Å². The molecule has 6 nitrogen and oxygen atoms in total. The summed E-state index contributed by atoms with van der Waals surface area (Å²) in [5.74, 6) is -0.687. The smallest absolute Gasteiger partial charge is 0.345 e. The number of ether oxygens (including phenoxy) is 1. The van der Waals surface area contributed by atoms with Crippen molar-refractivity contribution in [1.82, 2.24) is 14.6 Å². The number of hydrogen-bond donors (Lipinski definition) is 1. The quantitative estimate of drug-likeness (QED) is 0.753. The van der Waals surface area contributed by atoms with Crippen molar-refractivity contribution >= 4 is 23.2 Å². The lowest BCUT2D eigenvalue weighted by Gasteiger charge is -2.00. The molecule has 3 rings (SSSR count). The van der Waals surface area contributed by atoms with Gasteiger partial charge in [-0.25, -0.2) is 14.3 Å². The van der Waals surface area contributed by atoms with Crippen molar-refractivity contribution in [1.29, 1.82) is 0 Å². The van der Waals surface area contributed by atoms with Gasteiger partial charge in [-0.05, 0) is 19.1 Å². The van der Waals surface area contributed by atoms with Crippen LogP contribution in [0, 0.1) is 0 Å². The summed E-state index contributed by atoms with van der Waals surface area (Å²) >= 11 is 5.97. The molecular weight excluding hydrogens is 306 g/mol. The molecule has 22 heavy (non-hydrogen) atoms. The van der Waals surface area contributed by atoms with Crippen molar-refractivity contribution in [2.75, 3.05) is 6.61 Å². The molecule has 0 atom stereocenters. The normalized spacial score (nSPS) is 10.8. The molecule has 2 heterocycles. The third kappa shape index (κ3) is 2.48. The largest absolute Gasteiger partial charge is 0.462 e. The monoisotopic (exact) mass is 317 g/mol. The van der Waals surface area contributed by atoms with Crippen LogP contribution in [-0.4, -0.2) is 27.2 Å². The van der Waals surface area contributed by atoms with E-state index in [2.05, 4.69) is 10.1 Å². The fraction of sp³-hybridized carbons (Fsp3) is 0.133. The van der Waals surface area contributed by atoms with E-state index in [0.717, 1.165) is 5.56 Å². The topological polar surface area (TPSA) is 76.5 Å². The number of benzene rings is 1. The standard InChI is InChI=1S/C15H12ClN3O3/c1-2-22-15(21)11-8-17-13-7-12(18-19(13)14(11)20)9-4-3-5-10(16)6-9/h3-8,18H,2H2,1H3. The molecule has 0 fully saturated rings. The Kier molecular flexibility index (Phi) is 3.68. The molecule has 112 valence electrons. The Labute approximate surface area is 130 Å². The van der Waals surface area contributed by atoms with E-state index in [1.165, 1.54) is 10.7 Å². The summed E-state index contributed by atoms with van der Waals surface area (Å²) in [6.07, 6.45) is 1.23.